The van der Waals surface area contributed by atoms with Crippen molar-refractivity contribution in [2.24, 2.45) is 11.8 Å². The molecule has 0 spiro atoms. The van der Waals surface area contributed by atoms with Crippen molar-refractivity contribution in [2.75, 3.05) is 0 Å². The molecule has 0 aliphatic heterocycles. The van der Waals surface area contributed by atoms with Gasteiger partial charge in [-0.2, -0.15) is 0 Å². The number of unbranched alkanes of at least 4 members (excludes halogenated alkanes) is 3. The number of ketones is 1. The highest BCUT2D eigenvalue weighted by molar-refractivity contribution is 5.75. The summed E-state index contributed by atoms with van der Waals surface area (Å²) in [5.41, 5.74) is 0.222. The zero-order valence-electron chi connectivity index (χ0n) is 16.1. The van der Waals surface area contributed by atoms with Crippen molar-refractivity contribution in [1.29, 1.82) is 0 Å². The first-order valence-electron chi connectivity index (χ1n) is 10.0. The molecule has 5 nitrogen and oxygen atoms in total. The number of carbonyl (C=O) groups is 1. The predicted octanol–water partition coefficient (Wildman–Crippen LogP) is 3.32. The van der Waals surface area contributed by atoms with Gasteiger partial charge in [0.1, 0.15) is 11.6 Å². The topological polar surface area (TPSA) is 90.7 Å². The monoisotopic (exact) mass is 381 g/mol. The number of aliphatic hydroxyl groups excluding tert-OH is 3. The van der Waals surface area contributed by atoms with E-state index >= 15 is 0 Å². The van der Waals surface area contributed by atoms with Crippen LogP contribution >= 0.6 is 0 Å². The molecule has 5 atom stereocenters. The molecule has 152 valence electrons. The molecule has 0 bridgehead atoms. The predicted molar refractivity (Wildman–Crippen MR) is 100 cm³/mol. The maximum Gasteiger partial charge on any atom is 0.147 e. The van der Waals surface area contributed by atoms with Crippen molar-refractivity contribution in [1.82, 2.24) is 4.98 Å². The minimum atomic E-state index is -0.940. The molecule has 0 aromatic carbocycles. The van der Waals surface area contributed by atoms with Crippen LogP contribution in [0.3, 0.4) is 0 Å². The first kappa shape index (κ1) is 21.9. The lowest BCUT2D eigenvalue weighted by Crippen LogP contribution is -2.23. The molecule has 27 heavy (non-hydrogen) atoms. The first-order chi connectivity index (χ1) is 12.9. The van der Waals surface area contributed by atoms with Crippen LogP contribution in [-0.2, 0) is 4.79 Å². The van der Waals surface area contributed by atoms with Crippen LogP contribution in [0.15, 0.2) is 18.5 Å². The van der Waals surface area contributed by atoms with Crippen molar-refractivity contribution in [2.45, 2.75) is 83.0 Å². The summed E-state index contributed by atoms with van der Waals surface area (Å²) in [6, 6.07) is 1.47. The third-order valence-corrected chi connectivity index (χ3v) is 5.77. The van der Waals surface area contributed by atoms with Gasteiger partial charge in [-0.05, 0) is 56.9 Å². The number of aromatic nitrogens is 1. The van der Waals surface area contributed by atoms with Crippen molar-refractivity contribution in [3.8, 4) is 0 Å². The van der Waals surface area contributed by atoms with E-state index in [2.05, 4.69) is 4.98 Å². The van der Waals surface area contributed by atoms with Crippen LogP contribution < -0.4 is 0 Å². The van der Waals surface area contributed by atoms with Gasteiger partial charge >= 0.3 is 0 Å². The summed E-state index contributed by atoms with van der Waals surface area (Å²) >= 11 is 0. The summed E-state index contributed by atoms with van der Waals surface area (Å²) in [7, 11) is 0. The first-order valence-corrected chi connectivity index (χ1v) is 10.0. The Kier molecular flexibility index (Phi) is 8.80. The molecule has 1 saturated carbocycles. The Morgan fingerprint density at radius 2 is 1.85 bits per heavy atom. The number of carbonyl (C=O) groups excluding carboxylic acids is 1. The number of halogens is 1. The van der Waals surface area contributed by atoms with E-state index in [0.717, 1.165) is 38.3 Å². The summed E-state index contributed by atoms with van der Waals surface area (Å²) in [4.78, 5) is 14.6. The average Bonchev–Trinajstić information content (AvgIpc) is 2.89. The summed E-state index contributed by atoms with van der Waals surface area (Å²) in [6.45, 7) is 1.60. The molecule has 1 aliphatic rings. The summed E-state index contributed by atoms with van der Waals surface area (Å²) < 4.78 is 13.7. The molecular formula is C21H32FNO4. The number of hydrogen-bond acceptors (Lipinski definition) is 5. The zero-order valence-corrected chi connectivity index (χ0v) is 16.1. The Morgan fingerprint density at radius 3 is 2.52 bits per heavy atom. The molecule has 0 radical (unpaired) electrons. The van der Waals surface area contributed by atoms with Gasteiger partial charge in [-0.25, -0.2) is 4.39 Å². The molecule has 1 fully saturated rings. The zero-order chi connectivity index (χ0) is 19.8. The molecule has 0 saturated heterocycles. The Labute approximate surface area is 160 Å². The highest BCUT2D eigenvalue weighted by Crippen LogP contribution is 2.40. The minimum Gasteiger partial charge on any atom is -0.393 e. The molecule has 1 aliphatic carbocycles. The molecule has 0 amide bonds. The lowest BCUT2D eigenvalue weighted by molar-refractivity contribution is -0.117. The van der Waals surface area contributed by atoms with Crippen molar-refractivity contribution in [3.63, 3.8) is 0 Å². The van der Waals surface area contributed by atoms with E-state index in [1.807, 2.05) is 0 Å². The number of aliphatic hydroxyl groups is 3. The van der Waals surface area contributed by atoms with Gasteiger partial charge in [-0.1, -0.05) is 19.3 Å². The van der Waals surface area contributed by atoms with Crippen molar-refractivity contribution >= 4 is 5.78 Å². The van der Waals surface area contributed by atoms with E-state index in [4.69, 9.17) is 0 Å². The highest BCUT2D eigenvalue weighted by atomic mass is 19.1. The fourth-order valence-electron chi connectivity index (χ4n) is 4.25. The van der Waals surface area contributed by atoms with Crippen LogP contribution in [0.4, 0.5) is 4.39 Å². The van der Waals surface area contributed by atoms with E-state index in [0.29, 0.717) is 25.7 Å². The SMILES string of the molecule is CC(=O)CCCCCC[C@@H]1[C@@H](CCC(O)c2ccncc2F)[C@H](O)C[C@@H]1O. The van der Waals surface area contributed by atoms with E-state index in [-0.39, 0.29) is 23.2 Å². The van der Waals surface area contributed by atoms with Gasteiger partial charge in [0.2, 0.25) is 0 Å². The van der Waals surface area contributed by atoms with Gasteiger partial charge in [0, 0.05) is 18.2 Å². The highest BCUT2D eigenvalue weighted by Gasteiger charge is 2.40. The van der Waals surface area contributed by atoms with Gasteiger partial charge in [-0.15, -0.1) is 0 Å². The largest absolute Gasteiger partial charge is 0.393 e. The number of pyridine rings is 1. The van der Waals surface area contributed by atoms with Crippen LogP contribution in [0.5, 0.6) is 0 Å². The maximum absolute atomic E-state index is 13.7. The van der Waals surface area contributed by atoms with Crippen LogP contribution in [0.2, 0.25) is 0 Å². The summed E-state index contributed by atoms with van der Waals surface area (Å²) in [5, 5.41) is 30.9. The molecule has 3 N–H and O–H groups in total. The Hall–Kier alpha value is -1.37. The second-order valence-corrected chi connectivity index (χ2v) is 7.84. The molecular weight excluding hydrogens is 349 g/mol. The fraction of sp³-hybridized carbons (Fsp3) is 0.714. The van der Waals surface area contributed by atoms with Gasteiger partial charge < -0.3 is 20.1 Å². The van der Waals surface area contributed by atoms with E-state index < -0.39 is 24.1 Å². The summed E-state index contributed by atoms with van der Waals surface area (Å²) in [5.74, 6) is -0.397. The maximum atomic E-state index is 13.7. The molecule has 1 heterocycles. The molecule has 1 aromatic heterocycles. The normalized spacial score (nSPS) is 26.3. The number of Topliss-reactive ketones (excluding diaryl/α,β-unsaturated/α-hetero) is 1. The Bertz CT molecular complexity index is 597. The third kappa shape index (κ3) is 6.63. The van der Waals surface area contributed by atoms with Gasteiger partial charge in [0.25, 0.3) is 0 Å². The van der Waals surface area contributed by atoms with Gasteiger partial charge in [0.15, 0.2) is 0 Å². The van der Waals surface area contributed by atoms with E-state index in [9.17, 15) is 24.5 Å². The van der Waals surface area contributed by atoms with Gasteiger partial charge in [-0.3, -0.25) is 4.98 Å². The number of nitrogens with zero attached hydrogens (tertiary/aromatic N) is 1. The quantitative estimate of drug-likeness (QED) is 0.512. The Balaban J connectivity index is 1.80. The average molecular weight is 381 g/mol. The lowest BCUT2D eigenvalue weighted by Gasteiger charge is -2.24. The number of rotatable bonds is 11. The third-order valence-electron chi connectivity index (χ3n) is 5.77. The lowest BCUT2D eigenvalue weighted by atomic mass is 9.84. The van der Waals surface area contributed by atoms with Crippen LogP contribution in [-0.4, -0.2) is 38.3 Å². The van der Waals surface area contributed by atoms with E-state index in [1.54, 1.807) is 6.92 Å². The molecule has 6 heteroatoms. The fourth-order valence-corrected chi connectivity index (χ4v) is 4.25. The smallest absolute Gasteiger partial charge is 0.147 e. The number of hydrogen-bond donors (Lipinski definition) is 3. The van der Waals surface area contributed by atoms with Crippen LogP contribution in [0, 0.1) is 17.7 Å². The van der Waals surface area contributed by atoms with Crippen molar-refractivity contribution < 1.29 is 24.5 Å². The standard InChI is InChI=1S/C21H32FNO4/c1-14(24)6-4-2-3-5-7-15-16(21(27)12-20(15)26)8-9-19(25)17-10-11-23-13-18(17)22/h10-11,13,15-16,19-21,25-27H,2-9,12H2,1H3/t15-,16-,19?,20+,21-/m1/s1. The Morgan fingerprint density at radius 1 is 1.19 bits per heavy atom. The molecule has 1 unspecified atom stereocenters. The van der Waals surface area contributed by atoms with Gasteiger partial charge in [0.05, 0.1) is 24.5 Å². The van der Waals surface area contributed by atoms with Crippen LogP contribution in [0.25, 0.3) is 0 Å². The summed E-state index contributed by atoms with van der Waals surface area (Å²) in [6.07, 6.45) is 7.01. The van der Waals surface area contributed by atoms with Crippen molar-refractivity contribution in [3.05, 3.63) is 29.8 Å². The van der Waals surface area contributed by atoms with Crippen LogP contribution in [0.1, 0.15) is 76.4 Å². The van der Waals surface area contributed by atoms with E-state index in [1.165, 1.54) is 12.3 Å². The second-order valence-electron chi connectivity index (χ2n) is 7.84. The second kappa shape index (κ2) is 10.8. The molecule has 1 aromatic rings. The minimum absolute atomic E-state index is 0.00212. The molecule has 2 rings (SSSR count).